The van der Waals surface area contributed by atoms with Crippen LogP contribution in [0, 0.1) is 0 Å². The monoisotopic (exact) mass is 496 g/mol. The quantitative estimate of drug-likeness (QED) is 0.484. The maximum atomic E-state index is 12.9. The van der Waals surface area contributed by atoms with Crippen LogP contribution < -0.4 is 14.4 Å². The average Bonchev–Trinajstić information content (AvgIpc) is 3.27. The Hall–Kier alpha value is -3.21. The third kappa shape index (κ3) is 5.72. The molecule has 1 atom stereocenters. The Morgan fingerprint density at radius 1 is 1.11 bits per heavy atom. The molecule has 0 aliphatic carbocycles. The number of hydrogen-bond acceptors (Lipinski definition) is 7. The van der Waals surface area contributed by atoms with Crippen LogP contribution in [-0.2, 0) is 16.6 Å². The molecule has 0 saturated carbocycles. The number of hydrogen-bond donors (Lipinski definition) is 1. The second-order valence-electron chi connectivity index (χ2n) is 8.59. The fraction of sp³-hybridized carbons (Fsp3) is 0.360. The molecule has 0 radical (unpaired) electrons. The Labute approximate surface area is 207 Å². The minimum absolute atomic E-state index is 0.176. The first-order valence-electron chi connectivity index (χ1n) is 11.7. The summed E-state index contributed by atoms with van der Waals surface area (Å²) in [6, 6.07) is 14.2. The lowest BCUT2D eigenvalue weighted by Gasteiger charge is -2.34. The summed E-state index contributed by atoms with van der Waals surface area (Å²) < 4.78 is 36.3. The SMILES string of the molecule is C=Cc1ccc(S(=O)(=O)N[C@H](C)c2nnc(Oc3cccc(N4CCN(C)CC4)c3)n2CC)cc1. The summed E-state index contributed by atoms with van der Waals surface area (Å²) in [6.07, 6.45) is 1.67. The van der Waals surface area contributed by atoms with Gasteiger partial charge in [-0.1, -0.05) is 36.0 Å². The summed E-state index contributed by atoms with van der Waals surface area (Å²) in [5.74, 6) is 1.13. The molecule has 2 aromatic carbocycles. The predicted molar refractivity (Wildman–Crippen MR) is 137 cm³/mol. The maximum Gasteiger partial charge on any atom is 0.322 e. The van der Waals surface area contributed by atoms with Crippen molar-refractivity contribution in [1.82, 2.24) is 24.4 Å². The van der Waals surface area contributed by atoms with Crippen LogP contribution in [0.3, 0.4) is 0 Å². The lowest BCUT2D eigenvalue weighted by Crippen LogP contribution is -2.44. The van der Waals surface area contributed by atoms with Gasteiger partial charge < -0.3 is 14.5 Å². The predicted octanol–water partition coefficient (Wildman–Crippen LogP) is 3.52. The van der Waals surface area contributed by atoms with Crippen molar-refractivity contribution in [3.05, 3.63) is 66.5 Å². The normalized spacial score (nSPS) is 15.7. The molecule has 186 valence electrons. The summed E-state index contributed by atoms with van der Waals surface area (Å²) in [4.78, 5) is 4.82. The van der Waals surface area contributed by atoms with Crippen LogP contribution in [-0.4, -0.2) is 61.3 Å². The Morgan fingerprint density at radius 3 is 2.49 bits per heavy atom. The first-order chi connectivity index (χ1) is 16.8. The van der Waals surface area contributed by atoms with Crippen molar-refractivity contribution in [2.75, 3.05) is 38.1 Å². The average molecular weight is 497 g/mol. The van der Waals surface area contributed by atoms with Gasteiger partial charge in [0.15, 0.2) is 5.82 Å². The highest BCUT2D eigenvalue weighted by Gasteiger charge is 2.24. The van der Waals surface area contributed by atoms with Crippen molar-refractivity contribution in [3.63, 3.8) is 0 Å². The van der Waals surface area contributed by atoms with E-state index in [1.807, 2.05) is 25.1 Å². The van der Waals surface area contributed by atoms with Gasteiger partial charge in [0.2, 0.25) is 10.0 Å². The van der Waals surface area contributed by atoms with Gasteiger partial charge >= 0.3 is 6.01 Å². The molecule has 1 fully saturated rings. The zero-order valence-electron chi connectivity index (χ0n) is 20.4. The number of ether oxygens (including phenoxy) is 1. The molecule has 3 aromatic rings. The van der Waals surface area contributed by atoms with E-state index in [2.05, 4.69) is 44.4 Å². The smallest absolute Gasteiger partial charge is 0.322 e. The highest BCUT2D eigenvalue weighted by Crippen LogP contribution is 2.27. The van der Waals surface area contributed by atoms with E-state index in [-0.39, 0.29) is 4.90 Å². The number of sulfonamides is 1. The molecule has 9 nitrogen and oxygen atoms in total. The molecule has 0 unspecified atom stereocenters. The zero-order chi connectivity index (χ0) is 25.0. The third-order valence-corrected chi connectivity index (χ3v) is 7.66. The van der Waals surface area contributed by atoms with Crippen molar-refractivity contribution in [2.24, 2.45) is 0 Å². The van der Waals surface area contributed by atoms with E-state index in [4.69, 9.17) is 4.74 Å². The van der Waals surface area contributed by atoms with E-state index >= 15 is 0 Å². The van der Waals surface area contributed by atoms with Gasteiger partial charge in [0.05, 0.1) is 10.9 Å². The van der Waals surface area contributed by atoms with Gasteiger partial charge in [0.1, 0.15) is 5.75 Å². The van der Waals surface area contributed by atoms with Gasteiger partial charge in [-0.05, 0) is 50.7 Å². The Bertz CT molecular complexity index is 1260. The minimum Gasteiger partial charge on any atom is -0.424 e. The lowest BCUT2D eigenvalue weighted by molar-refractivity contribution is 0.312. The molecule has 0 bridgehead atoms. The van der Waals surface area contributed by atoms with Gasteiger partial charge in [-0.2, -0.15) is 0 Å². The molecule has 10 heteroatoms. The Morgan fingerprint density at radius 2 is 1.83 bits per heavy atom. The van der Waals surface area contributed by atoms with Crippen LogP contribution in [0.5, 0.6) is 11.8 Å². The van der Waals surface area contributed by atoms with Crippen molar-refractivity contribution < 1.29 is 13.2 Å². The van der Waals surface area contributed by atoms with Crippen LogP contribution in [0.25, 0.3) is 6.08 Å². The van der Waals surface area contributed by atoms with E-state index < -0.39 is 16.1 Å². The van der Waals surface area contributed by atoms with Gasteiger partial charge in [-0.3, -0.25) is 4.57 Å². The van der Waals surface area contributed by atoms with E-state index in [1.54, 1.807) is 41.8 Å². The van der Waals surface area contributed by atoms with E-state index in [9.17, 15) is 8.42 Å². The van der Waals surface area contributed by atoms with Crippen molar-refractivity contribution in [1.29, 1.82) is 0 Å². The fourth-order valence-corrected chi connectivity index (χ4v) is 5.24. The molecule has 1 N–H and O–H groups in total. The third-order valence-electron chi connectivity index (χ3n) is 6.10. The molecule has 0 spiro atoms. The summed E-state index contributed by atoms with van der Waals surface area (Å²) in [6.45, 7) is 11.9. The summed E-state index contributed by atoms with van der Waals surface area (Å²) in [5, 5.41) is 8.45. The molecule has 2 heterocycles. The Kier molecular flexibility index (Phi) is 7.54. The van der Waals surface area contributed by atoms with Gasteiger partial charge in [0.25, 0.3) is 0 Å². The Balaban J connectivity index is 1.50. The van der Waals surface area contributed by atoms with Gasteiger partial charge in [-0.15, -0.1) is 5.10 Å². The molecule has 1 aromatic heterocycles. The summed E-state index contributed by atoms with van der Waals surface area (Å²) in [5.41, 5.74) is 1.95. The van der Waals surface area contributed by atoms with Gasteiger partial charge in [-0.25, -0.2) is 13.1 Å². The summed E-state index contributed by atoms with van der Waals surface area (Å²) in [7, 11) is -1.61. The molecule has 0 amide bonds. The van der Waals surface area contributed by atoms with E-state index in [1.165, 1.54) is 0 Å². The largest absolute Gasteiger partial charge is 0.424 e. The summed E-state index contributed by atoms with van der Waals surface area (Å²) >= 11 is 0. The molecule has 4 rings (SSSR count). The van der Waals surface area contributed by atoms with Crippen LogP contribution in [0.2, 0.25) is 0 Å². The van der Waals surface area contributed by atoms with Crippen molar-refractivity contribution in [2.45, 2.75) is 31.3 Å². The molecule has 1 aliphatic rings. The standard InChI is InChI=1S/C25H32N6O3S/c1-5-20-10-12-23(13-11-20)35(32,33)28-19(3)24-26-27-25(31(24)6-2)34-22-9-7-8-21(18-22)30-16-14-29(4)15-17-30/h5,7-13,18-19,28H,1,6,14-17H2,2-4H3/t19-/m1/s1. The highest BCUT2D eigenvalue weighted by molar-refractivity contribution is 7.89. The first kappa shape index (κ1) is 24.9. The number of anilines is 1. The fourth-order valence-electron chi connectivity index (χ4n) is 4.04. The topological polar surface area (TPSA) is 92.6 Å². The molecule has 1 saturated heterocycles. The maximum absolute atomic E-state index is 12.9. The lowest BCUT2D eigenvalue weighted by atomic mass is 10.2. The van der Waals surface area contributed by atoms with Crippen molar-refractivity contribution >= 4 is 21.8 Å². The number of nitrogens with zero attached hydrogens (tertiary/aromatic N) is 5. The van der Waals surface area contributed by atoms with E-state index in [0.717, 1.165) is 37.4 Å². The molecule has 35 heavy (non-hydrogen) atoms. The molecular formula is C25H32N6O3S. The number of aromatic nitrogens is 3. The van der Waals surface area contributed by atoms with Gasteiger partial charge in [0, 0.05) is 44.5 Å². The van der Waals surface area contributed by atoms with E-state index in [0.29, 0.717) is 24.1 Å². The second-order valence-corrected chi connectivity index (χ2v) is 10.3. The minimum atomic E-state index is -3.74. The van der Waals surface area contributed by atoms with Crippen LogP contribution in [0.15, 0.2) is 60.0 Å². The van der Waals surface area contributed by atoms with Crippen LogP contribution in [0.4, 0.5) is 5.69 Å². The number of piperazine rings is 1. The number of rotatable bonds is 9. The van der Waals surface area contributed by atoms with Crippen LogP contribution in [0.1, 0.15) is 31.3 Å². The molecule has 1 aliphatic heterocycles. The zero-order valence-corrected chi connectivity index (χ0v) is 21.2. The highest BCUT2D eigenvalue weighted by atomic mass is 32.2. The van der Waals surface area contributed by atoms with Crippen LogP contribution >= 0.6 is 0 Å². The second kappa shape index (κ2) is 10.6. The first-order valence-corrected chi connectivity index (χ1v) is 13.2. The number of likely N-dealkylation sites (N-methyl/N-ethyl adjacent to an activating group) is 1. The molecular weight excluding hydrogens is 464 g/mol. The number of benzene rings is 2. The van der Waals surface area contributed by atoms with Crippen molar-refractivity contribution in [3.8, 4) is 11.8 Å². The number of nitrogens with one attached hydrogen (secondary N) is 1.